The molecule has 9 heteroatoms. The van der Waals surface area contributed by atoms with Gasteiger partial charge in [0.05, 0.1) is 22.7 Å². The normalized spacial score (nSPS) is 20.8. The van der Waals surface area contributed by atoms with E-state index in [4.69, 9.17) is 9.47 Å². The van der Waals surface area contributed by atoms with Crippen molar-refractivity contribution in [3.8, 4) is 0 Å². The van der Waals surface area contributed by atoms with E-state index in [-0.39, 0.29) is 54.3 Å². The molecule has 2 atom stereocenters. The van der Waals surface area contributed by atoms with Crippen molar-refractivity contribution < 1.29 is 27.5 Å². The zero-order valence-electron chi connectivity index (χ0n) is 16.9. The van der Waals surface area contributed by atoms with Crippen molar-refractivity contribution >= 4 is 21.9 Å². The molecular formula is C19H28N2O6S. The fourth-order valence-electron chi connectivity index (χ4n) is 2.84. The number of likely N-dealkylation sites (N-methyl/N-ethyl adjacent to an activating group) is 1. The Labute approximate surface area is 166 Å². The van der Waals surface area contributed by atoms with E-state index >= 15 is 0 Å². The Bertz CT molecular complexity index is 796. The first kappa shape index (κ1) is 22.3. The smallest absolute Gasteiger partial charge is 0.338 e. The molecule has 2 unspecified atom stereocenters. The van der Waals surface area contributed by atoms with Crippen molar-refractivity contribution in [2.24, 2.45) is 0 Å². The molecule has 0 aliphatic carbocycles. The fourth-order valence-corrected chi connectivity index (χ4v) is 4.43. The fraction of sp³-hybridized carbons (Fsp3) is 0.579. The highest BCUT2D eigenvalue weighted by Crippen LogP contribution is 2.21. The Balaban J connectivity index is 2.04. The van der Waals surface area contributed by atoms with Crippen LogP contribution in [-0.2, 0) is 24.3 Å². The van der Waals surface area contributed by atoms with Gasteiger partial charge >= 0.3 is 5.97 Å². The number of rotatable bonds is 6. The van der Waals surface area contributed by atoms with Crippen molar-refractivity contribution in [1.29, 1.82) is 0 Å². The van der Waals surface area contributed by atoms with Crippen molar-refractivity contribution in [2.75, 3.05) is 26.7 Å². The summed E-state index contributed by atoms with van der Waals surface area (Å²) in [5.74, 6) is -0.985. The minimum atomic E-state index is -3.68. The zero-order chi connectivity index (χ0) is 21.1. The van der Waals surface area contributed by atoms with Gasteiger partial charge in [0.1, 0.15) is 0 Å². The van der Waals surface area contributed by atoms with Gasteiger partial charge in [-0.2, -0.15) is 4.31 Å². The van der Waals surface area contributed by atoms with Crippen molar-refractivity contribution in [2.45, 2.75) is 50.8 Å². The Morgan fingerprint density at radius 3 is 2.21 bits per heavy atom. The van der Waals surface area contributed by atoms with Crippen LogP contribution in [0.3, 0.4) is 0 Å². The Morgan fingerprint density at radius 2 is 1.71 bits per heavy atom. The summed E-state index contributed by atoms with van der Waals surface area (Å²) < 4.78 is 37.6. The molecule has 2 rings (SSSR count). The van der Waals surface area contributed by atoms with Crippen LogP contribution in [0.4, 0.5) is 0 Å². The summed E-state index contributed by atoms with van der Waals surface area (Å²) in [4.78, 5) is 25.6. The van der Waals surface area contributed by atoms with Gasteiger partial charge in [0, 0.05) is 26.2 Å². The summed E-state index contributed by atoms with van der Waals surface area (Å²) in [5.41, 5.74) is 0.183. The van der Waals surface area contributed by atoms with Crippen LogP contribution < -0.4 is 0 Å². The van der Waals surface area contributed by atoms with Crippen LogP contribution >= 0.6 is 0 Å². The van der Waals surface area contributed by atoms with Gasteiger partial charge in [-0.25, -0.2) is 13.2 Å². The molecule has 0 saturated carbocycles. The molecule has 0 radical (unpaired) electrons. The number of amides is 1. The van der Waals surface area contributed by atoms with Crippen molar-refractivity contribution in [1.82, 2.24) is 9.21 Å². The highest BCUT2D eigenvalue weighted by molar-refractivity contribution is 7.89. The molecule has 1 aliphatic rings. The number of ether oxygens (including phenoxy) is 2. The number of nitrogens with zero attached hydrogens (tertiary/aromatic N) is 2. The number of hydrogen-bond donors (Lipinski definition) is 0. The van der Waals surface area contributed by atoms with Crippen molar-refractivity contribution in [3.63, 3.8) is 0 Å². The number of benzene rings is 1. The molecule has 0 N–H and O–H groups in total. The largest absolute Gasteiger partial charge is 0.452 e. The lowest BCUT2D eigenvalue weighted by Crippen LogP contribution is -2.48. The molecule has 1 aromatic carbocycles. The quantitative estimate of drug-likeness (QED) is 0.658. The lowest BCUT2D eigenvalue weighted by Gasteiger charge is -2.34. The van der Waals surface area contributed by atoms with Gasteiger partial charge in [0.25, 0.3) is 5.91 Å². The van der Waals surface area contributed by atoms with Crippen LogP contribution in [-0.4, -0.2) is 74.5 Å². The Morgan fingerprint density at radius 1 is 1.18 bits per heavy atom. The van der Waals surface area contributed by atoms with E-state index in [1.165, 1.54) is 33.5 Å². The van der Waals surface area contributed by atoms with Crippen LogP contribution in [0.1, 0.15) is 38.1 Å². The molecule has 0 bridgehead atoms. The van der Waals surface area contributed by atoms with Crippen LogP contribution in [0.5, 0.6) is 0 Å². The zero-order valence-corrected chi connectivity index (χ0v) is 17.7. The topological polar surface area (TPSA) is 93.2 Å². The molecule has 28 heavy (non-hydrogen) atoms. The van der Waals surface area contributed by atoms with Gasteiger partial charge in [-0.3, -0.25) is 4.79 Å². The molecule has 1 heterocycles. The van der Waals surface area contributed by atoms with Gasteiger partial charge < -0.3 is 14.4 Å². The predicted molar refractivity (Wildman–Crippen MR) is 103 cm³/mol. The molecule has 0 spiro atoms. The van der Waals surface area contributed by atoms with Gasteiger partial charge in [0.15, 0.2) is 6.61 Å². The van der Waals surface area contributed by atoms with E-state index in [0.29, 0.717) is 0 Å². The van der Waals surface area contributed by atoms with Crippen LogP contribution in [0.2, 0.25) is 0 Å². The highest BCUT2D eigenvalue weighted by Gasteiger charge is 2.32. The molecule has 8 nitrogen and oxygen atoms in total. The van der Waals surface area contributed by atoms with E-state index in [0.717, 1.165) is 0 Å². The maximum atomic E-state index is 12.8. The highest BCUT2D eigenvalue weighted by atomic mass is 32.2. The first-order valence-electron chi connectivity index (χ1n) is 9.20. The standard InChI is InChI=1S/C19H28N2O6S/c1-13(2)20(5)18(22)12-26-19(23)16-6-8-17(9-7-16)28(24,25)21-10-14(3)27-15(4)11-21/h6-9,13-15H,10-12H2,1-5H3. The van der Waals surface area contributed by atoms with E-state index in [2.05, 4.69) is 0 Å². The molecule has 156 valence electrons. The number of hydrogen-bond acceptors (Lipinski definition) is 6. The lowest BCUT2D eigenvalue weighted by atomic mass is 10.2. The van der Waals surface area contributed by atoms with E-state index in [1.807, 2.05) is 27.7 Å². The van der Waals surface area contributed by atoms with Crippen molar-refractivity contribution in [3.05, 3.63) is 29.8 Å². The third-order valence-corrected chi connectivity index (χ3v) is 6.45. The molecule has 1 aromatic rings. The average molecular weight is 413 g/mol. The van der Waals surface area contributed by atoms with Crippen LogP contribution in [0, 0.1) is 0 Å². The molecular weight excluding hydrogens is 384 g/mol. The third kappa shape index (κ3) is 5.30. The summed E-state index contributed by atoms with van der Waals surface area (Å²) in [6.45, 7) is 7.56. The number of esters is 1. The Hall–Kier alpha value is -1.97. The van der Waals surface area contributed by atoms with Crippen LogP contribution in [0.25, 0.3) is 0 Å². The van der Waals surface area contributed by atoms with Gasteiger partial charge in [0.2, 0.25) is 10.0 Å². The summed E-state index contributed by atoms with van der Waals surface area (Å²) in [5, 5.41) is 0. The lowest BCUT2D eigenvalue weighted by molar-refractivity contribution is -0.134. The van der Waals surface area contributed by atoms with Crippen LogP contribution in [0.15, 0.2) is 29.2 Å². The molecule has 1 amide bonds. The van der Waals surface area contributed by atoms with Gasteiger partial charge in [-0.05, 0) is 52.0 Å². The minimum Gasteiger partial charge on any atom is -0.452 e. The second kappa shape index (κ2) is 9.02. The van der Waals surface area contributed by atoms with E-state index in [1.54, 1.807) is 7.05 Å². The average Bonchev–Trinajstić information content (AvgIpc) is 2.64. The van der Waals surface area contributed by atoms with Gasteiger partial charge in [-0.15, -0.1) is 0 Å². The minimum absolute atomic E-state index is 0.00122. The second-order valence-corrected chi connectivity index (χ2v) is 9.22. The monoisotopic (exact) mass is 412 g/mol. The maximum absolute atomic E-state index is 12.8. The molecule has 1 fully saturated rings. The maximum Gasteiger partial charge on any atom is 0.338 e. The number of carbonyl (C=O) groups excluding carboxylic acids is 2. The van der Waals surface area contributed by atoms with E-state index < -0.39 is 16.0 Å². The SMILES string of the molecule is CC1CN(S(=O)(=O)c2ccc(C(=O)OCC(=O)N(C)C(C)C)cc2)CC(C)O1. The van der Waals surface area contributed by atoms with E-state index in [9.17, 15) is 18.0 Å². The first-order valence-corrected chi connectivity index (χ1v) is 10.6. The molecule has 1 aliphatic heterocycles. The number of morpholine rings is 1. The number of carbonyl (C=O) groups is 2. The summed E-state index contributed by atoms with van der Waals surface area (Å²) >= 11 is 0. The Kier molecular flexibility index (Phi) is 7.19. The number of sulfonamides is 1. The summed E-state index contributed by atoms with van der Waals surface area (Å²) in [6, 6.07) is 5.52. The third-order valence-electron chi connectivity index (χ3n) is 4.61. The first-order chi connectivity index (χ1) is 13.0. The second-order valence-electron chi connectivity index (χ2n) is 7.28. The predicted octanol–water partition coefficient (Wildman–Crippen LogP) is 1.51. The van der Waals surface area contributed by atoms with Gasteiger partial charge in [-0.1, -0.05) is 0 Å². The summed E-state index contributed by atoms with van der Waals surface area (Å²) in [6.07, 6.45) is -0.372. The molecule has 0 aromatic heterocycles. The molecule has 1 saturated heterocycles. The summed E-state index contributed by atoms with van der Waals surface area (Å²) in [7, 11) is -2.04.